The van der Waals surface area contributed by atoms with Crippen molar-refractivity contribution >= 4 is 11.6 Å². The third-order valence-corrected chi connectivity index (χ3v) is 2.98. The summed E-state index contributed by atoms with van der Waals surface area (Å²) < 4.78 is 0. The second-order valence-corrected chi connectivity index (χ2v) is 4.04. The largest absolute Gasteiger partial charge is 0.371 e. The smallest absolute Gasteiger partial charge is 0.235 e. The van der Waals surface area contributed by atoms with E-state index in [2.05, 4.69) is 28.5 Å². The van der Waals surface area contributed by atoms with Gasteiger partial charge in [-0.15, -0.1) is 0 Å². The number of hydrogen-bond donors (Lipinski definition) is 2. The van der Waals surface area contributed by atoms with Gasteiger partial charge in [0.25, 0.3) is 0 Å². The molecule has 0 bridgehead atoms. The van der Waals surface area contributed by atoms with Crippen LogP contribution in [0.5, 0.6) is 0 Å². The number of nitrogens with zero attached hydrogens (tertiary/aromatic N) is 1. The normalized spacial score (nSPS) is 14.4. The molecule has 0 atom stereocenters. The van der Waals surface area contributed by atoms with Crippen molar-refractivity contribution in [1.82, 2.24) is 5.43 Å². The second-order valence-electron chi connectivity index (χ2n) is 4.04. The summed E-state index contributed by atoms with van der Waals surface area (Å²) in [6, 6.07) is 8.38. The van der Waals surface area contributed by atoms with E-state index in [4.69, 9.17) is 5.84 Å². The summed E-state index contributed by atoms with van der Waals surface area (Å²) in [7, 11) is 0. The van der Waals surface area contributed by atoms with E-state index in [0.29, 0.717) is 6.42 Å². The van der Waals surface area contributed by atoms with E-state index >= 15 is 0 Å². The van der Waals surface area contributed by atoms with E-state index in [-0.39, 0.29) is 5.91 Å². The van der Waals surface area contributed by atoms with Gasteiger partial charge in [-0.1, -0.05) is 18.2 Å². The maximum atomic E-state index is 11.1. The van der Waals surface area contributed by atoms with E-state index in [0.717, 1.165) is 25.9 Å². The zero-order valence-electron chi connectivity index (χ0n) is 9.28. The third-order valence-electron chi connectivity index (χ3n) is 2.98. The Labute approximate surface area is 95.4 Å². The first kappa shape index (κ1) is 11.0. The van der Waals surface area contributed by atoms with Crippen molar-refractivity contribution in [3.8, 4) is 0 Å². The average molecular weight is 219 g/mol. The molecule has 0 saturated carbocycles. The summed E-state index contributed by atoms with van der Waals surface area (Å²) >= 11 is 0. The molecule has 4 nitrogen and oxygen atoms in total. The molecule has 0 aromatic heterocycles. The maximum absolute atomic E-state index is 11.1. The molecule has 1 aromatic rings. The van der Waals surface area contributed by atoms with Crippen molar-refractivity contribution in [2.75, 3.05) is 18.0 Å². The van der Waals surface area contributed by atoms with Crippen LogP contribution in [0, 0.1) is 0 Å². The molecule has 0 saturated heterocycles. The molecule has 1 aromatic carbocycles. The predicted octanol–water partition coefficient (Wildman–Crippen LogP) is 0.819. The second kappa shape index (κ2) is 4.99. The van der Waals surface area contributed by atoms with Crippen LogP contribution >= 0.6 is 0 Å². The fraction of sp³-hybridized carbons (Fsp3) is 0.417. The van der Waals surface area contributed by atoms with Gasteiger partial charge in [0.05, 0.1) is 0 Å². The molecule has 1 amide bonds. The van der Waals surface area contributed by atoms with E-state index in [1.54, 1.807) is 0 Å². The number of carbonyl (C=O) groups excluding carboxylic acids is 1. The zero-order valence-corrected chi connectivity index (χ0v) is 9.28. The third kappa shape index (κ3) is 2.33. The van der Waals surface area contributed by atoms with Crippen LogP contribution in [-0.2, 0) is 11.2 Å². The number of hydrazine groups is 1. The van der Waals surface area contributed by atoms with Crippen molar-refractivity contribution in [3.05, 3.63) is 29.8 Å². The number of nitrogens with two attached hydrogens (primary N) is 1. The van der Waals surface area contributed by atoms with Gasteiger partial charge in [0.1, 0.15) is 0 Å². The van der Waals surface area contributed by atoms with Gasteiger partial charge in [-0.2, -0.15) is 0 Å². The summed E-state index contributed by atoms with van der Waals surface area (Å²) in [6.45, 7) is 1.76. The Hall–Kier alpha value is -1.55. The summed E-state index contributed by atoms with van der Waals surface area (Å²) in [5, 5.41) is 0. The number of fused-ring (bicyclic) bond motifs is 1. The van der Waals surface area contributed by atoms with Gasteiger partial charge in [-0.3, -0.25) is 10.2 Å². The minimum absolute atomic E-state index is 0.108. The van der Waals surface area contributed by atoms with Crippen LogP contribution in [0.2, 0.25) is 0 Å². The highest BCUT2D eigenvalue weighted by molar-refractivity contribution is 5.76. The van der Waals surface area contributed by atoms with Gasteiger partial charge in [0.15, 0.2) is 0 Å². The van der Waals surface area contributed by atoms with E-state index in [1.165, 1.54) is 11.3 Å². The number of aryl methyl sites for hydroxylation is 1. The minimum atomic E-state index is -0.108. The van der Waals surface area contributed by atoms with Crippen molar-refractivity contribution in [2.45, 2.75) is 19.3 Å². The highest BCUT2D eigenvalue weighted by Crippen LogP contribution is 2.26. The molecule has 16 heavy (non-hydrogen) atoms. The lowest BCUT2D eigenvalue weighted by molar-refractivity contribution is -0.120. The molecular weight excluding hydrogens is 202 g/mol. The molecule has 1 aliphatic rings. The first-order valence-electron chi connectivity index (χ1n) is 5.63. The summed E-state index contributed by atoms with van der Waals surface area (Å²) in [5.74, 6) is 4.96. The molecule has 0 unspecified atom stereocenters. The molecule has 2 rings (SSSR count). The molecule has 0 radical (unpaired) electrons. The number of anilines is 1. The lowest BCUT2D eigenvalue weighted by Crippen LogP contribution is -2.36. The Balaban J connectivity index is 2.04. The van der Waals surface area contributed by atoms with Crippen LogP contribution in [0.15, 0.2) is 24.3 Å². The van der Waals surface area contributed by atoms with Gasteiger partial charge in [0, 0.05) is 25.2 Å². The molecule has 86 valence electrons. The van der Waals surface area contributed by atoms with Crippen LogP contribution in [-0.4, -0.2) is 19.0 Å². The number of amides is 1. The molecule has 0 spiro atoms. The molecular formula is C12H17N3O. The van der Waals surface area contributed by atoms with Crippen LogP contribution in [0.25, 0.3) is 0 Å². The minimum Gasteiger partial charge on any atom is -0.371 e. The summed E-state index contributed by atoms with van der Waals surface area (Å²) in [6.07, 6.45) is 2.74. The van der Waals surface area contributed by atoms with Gasteiger partial charge in [-0.05, 0) is 24.5 Å². The van der Waals surface area contributed by atoms with E-state index in [9.17, 15) is 4.79 Å². The lowest BCUT2D eigenvalue weighted by atomic mass is 10.0. The fourth-order valence-electron chi connectivity index (χ4n) is 2.15. The summed E-state index contributed by atoms with van der Waals surface area (Å²) in [5.41, 5.74) is 4.80. The SMILES string of the molecule is NNC(=O)CCN1CCCc2ccccc21. The van der Waals surface area contributed by atoms with Gasteiger partial charge in [0.2, 0.25) is 5.91 Å². The Bertz CT molecular complexity index is 378. The molecule has 4 heteroatoms. The van der Waals surface area contributed by atoms with Crippen LogP contribution < -0.4 is 16.2 Å². The van der Waals surface area contributed by atoms with Crippen molar-refractivity contribution < 1.29 is 4.79 Å². The standard InChI is InChI=1S/C12H17N3O/c13-14-12(16)7-9-15-8-3-5-10-4-1-2-6-11(10)15/h1-2,4,6H,3,5,7-9,13H2,(H,14,16). The Morgan fingerprint density at radius 2 is 2.25 bits per heavy atom. The number of hydrogen-bond acceptors (Lipinski definition) is 3. The zero-order chi connectivity index (χ0) is 11.4. The highest BCUT2D eigenvalue weighted by Gasteiger charge is 2.16. The van der Waals surface area contributed by atoms with Gasteiger partial charge in [-0.25, -0.2) is 5.84 Å². The Morgan fingerprint density at radius 1 is 1.44 bits per heavy atom. The van der Waals surface area contributed by atoms with E-state index in [1.807, 2.05) is 6.07 Å². The van der Waals surface area contributed by atoms with Gasteiger partial charge >= 0.3 is 0 Å². The lowest BCUT2D eigenvalue weighted by Gasteiger charge is -2.31. The van der Waals surface area contributed by atoms with Crippen molar-refractivity contribution in [1.29, 1.82) is 0 Å². The highest BCUT2D eigenvalue weighted by atomic mass is 16.2. The fourth-order valence-corrected chi connectivity index (χ4v) is 2.15. The Morgan fingerprint density at radius 3 is 3.06 bits per heavy atom. The number of rotatable bonds is 3. The van der Waals surface area contributed by atoms with Crippen molar-refractivity contribution in [3.63, 3.8) is 0 Å². The quantitative estimate of drug-likeness (QED) is 0.449. The molecule has 3 N–H and O–H groups in total. The number of benzene rings is 1. The molecule has 0 fully saturated rings. The molecule has 0 aliphatic carbocycles. The Kier molecular flexibility index (Phi) is 3.41. The first-order chi connectivity index (χ1) is 7.81. The monoisotopic (exact) mass is 219 g/mol. The summed E-state index contributed by atoms with van der Waals surface area (Å²) in [4.78, 5) is 13.4. The van der Waals surface area contributed by atoms with Crippen LogP contribution in [0.1, 0.15) is 18.4 Å². The van der Waals surface area contributed by atoms with E-state index < -0.39 is 0 Å². The number of nitrogens with one attached hydrogen (secondary N) is 1. The average Bonchev–Trinajstić information content (AvgIpc) is 2.35. The van der Waals surface area contributed by atoms with Crippen LogP contribution in [0.3, 0.4) is 0 Å². The molecule has 1 heterocycles. The number of para-hydroxylation sites is 1. The topological polar surface area (TPSA) is 58.4 Å². The first-order valence-corrected chi connectivity index (χ1v) is 5.63. The molecule has 1 aliphatic heterocycles. The predicted molar refractivity (Wildman–Crippen MR) is 63.9 cm³/mol. The number of carbonyl (C=O) groups is 1. The maximum Gasteiger partial charge on any atom is 0.235 e. The van der Waals surface area contributed by atoms with Crippen molar-refractivity contribution in [2.24, 2.45) is 5.84 Å². The van der Waals surface area contributed by atoms with Gasteiger partial charge < -0.3 is 4.90 Å². The van der Waals surface area contributed by atoms with Crippen LogP contribution in [0.4, 0.5) is 5.69 Å².